The van der Waals surface area contributed by atoms with Crippen LogP contribution in [0.4, 0.5) is 0 Å². The Bertz CT molecular complexity index is 762. The van der Waals surface area contributed by atoms with Crippen molar-refractivity contribution in [3.05, 3.63) is 17.7 Å². The second-order valence-electron chi connectivity index (χ2n) is 8.15. The zero-order valence-electron chi connectivity index (χ0n) is 19.2. The third-order valence-corrected chi connectivity index (χ3v) is 6.32. The van der Waals surface area contributed by atoms with Gasteiger partial charge in [0, 0.05) is 25.2 Å². The number of carbonyl (C=O) groups is 2. The lowest BCUT2D eigenvalue weighted by atomic mass is 9.79. The summed E-state index contributed by atoms with van der Waals surface area (Å²) in [4.78, 5) is 27.5. The molecule has 1 saturated carbocycles. The molecule has 0 radical (unpaired) electrons. The van der Waals surface area contributed by atoms with E-state index in [1.807, 2.05) is 0 Å². The van der Waals surface area contributed by atoms with Crippen molar-refractivity contribution in [3.63, 3.8) is 0 Å². The quantitative estimate of drug-likeness (QED) is 0.571. The van der Waals surface area contributed by atoms with Gasteiger partial charge in [-0.3, -0.25) is 9.69 Å². The van der Waals surface area contributed by atoms with Gasteiger partial charge in [0.05, 0.1) is 40.1 Å². The van der Waals surface area contributed by atoms with Crippen LogP contribution < -0.4 is 19.5 Å². The van der Waals surface area contributed by atoms with Crippen molar-refractivity contribution in [1.29, 1.82) is 0 Å². The first-order valence-corrected chi connectivity index (χ1v) is 11.1. The molecular formula is C23H34N2O7. The van der Waals surface area contributed by atoms with E-state index < -0.39 is 5.97 Å². The number of hydrogen-bond acceptors (Lipinski definition) is 8. The van der Waals surface area contributed by atoms with Crippen molar-refractivity contribution < 1.29 is 33.3 Å². The number of esters is 1. The van der Waals surface area contributed by atoms with Crippen LogP contribution in [0.3, 0.4) is 0 Å². The highest BCUT2D eigenvalue weighted by Gasteiger charge is 2.38. The Morgan fingerprint density at radius 2 is 1.62 bits per heavy atom. The maximum atomic E-state index is 12.5. The predicted molar refractivity (Wildman–Crippen MR) is 118 cm³/mol. The van der Waals surface area contributed by atoms with Gasteiger partial charge in [-0.2, -0.15) is 0 Å². The molecule has 1 aromatic carbocycles. The van der Waals surface area contributed by atoms with Gasteiger partial charge in [0.15, 0.2) is 18.1 Å². The molecule has 32 heavy (non-hydrogen) atoms. The van der Waals surface area contributed by atoms with E-state index in [1.54, 1.807) is 0 Å². The maximum Gasteiger partial charge on any atom is 0.338 e. The molecule has 0 atom stereocenters. The average Bonchev–Trinajstić information content (AvgIpc) is 2.86. The van der Waals surface area contributed by atoms with Crippen LogP contribution in [-0.4, -0.2) is 83.1 Å². The maximum absolute atomic E-state index is 12.5. The van der Waals surface area contributed by atoms with Gasteiger partial charge in [-0.25, -0.2) is 4.79 Å². The second kappa shape index (κ2) is 11.4. The number of amides is 1. The normalized spacial score (nSPS) is 18.5. The highest BCUT2D eigenvalue weighted by atomic mass is 16.5. The van der Waals surface area contributed by atoms with Crippen molar-refractivity contribution in [2.75, 3.05) is 60.8 Å². The van der Waals surface area contributed by atoms with Gasteiger partial charge in [0.25, 0.3) is 5.91 Å². The summed E-state index contributed by atoms with van der Waals surface area (Å²) >= 11 is 0. The largest absolute Gasteiger partial charge is 0.493 e. The first-order valence-electron chi connectivity index (χ1n) is 11.1. The van der Waals surface area contributed by atoms with E-state index >= 15 is 0 Å². The molecule has 2 fully saturated rings. The zero-order valence-corrected chi connectivity index (χ0v) is 19.2. The summed E-state index contributed by atoms with van der Waals surface area (Å²) in [5.74, 6) is 0.107. The van der Waals surface area contributed by atoms with Crippen molar-refractivity contribution in [1.82, 2.24) is 10.2 Å². The standard InChI is InChI=1S/C23H34N2O7/c1-28-18-13-17(14-19(29-2)21(18)30-3)22(27)32-15-20(26)24-16-23(7-5-4-6-8-23)25-9-11-31-12-10-25/h13-14H,4-12,15-16H2,1-3H3,(H,24,26). The number of nitrogens with zero attached hydrogens (tertiary/aromatic N) is 1. The van der Waals surface area contributed by atoms with Crippen LogP contribution in [0, 0.1) is 0 Å². The van der Waals surface area contributed by atoms with Gasteiger partial charge >= 0.3 is 5.97 Å². The van der Waals surface area contributed by atoms with Crippen molar-refractivity contribution in [2.45, 2.75) is 37.6 Å². The lowest BCUT2D eigenvalue weighted by molar-refractivity contribution is -0.125. The molecule has 178 valence electrons. The van der Waals surface area contributed by atoms with E-state index in [0.717, 1.165) is 52.0 Å². The van der Waals surface area contributed by atoms with Crippen LogP contribution in [0.15, 0.2) is 12.1 Å². The van der Waals surface area contributed by atoms with Crippen molar-refractivity contribution in [3.8, 4) is 17.2 Å². The van der Waals surface area contributed by atoms with Crippen molar-refractivity contribution >= 4 is 11.9 Å². The van der Waals surface area contributed by atoms with Gasteiger partial charge in [-0.05, 0) is 25.0 Å². The monoisotopic (exact) mass is 450 g/mol. The molecule has 1 aliphatic heterocycles. The van der Waals surface area contributed by atoms with E-state index in [9.17, 15) is 9.59 Å². The first-order chi connectivity index (χ1) is 15.5. The Labute approximate surface area is 189 Å². The van der Waals surface area contributed by atoms with Gasteiger partial charge in [0.1, 0.15) is 0 Å². The molecule has 9 nitrogen and oxygen atoms in total. The Kier molecular flexibility index (Phi) is 8.58. The Morgan fingerprint density at radius 3 is 2.19 bits per heavy atom. The average molecular weight is 451 g/mol. The molecule has 2 aliphatic rings. The number of ether oxygens (including phenoxy) is 5. The topological polar surface area (TPSA) is 95.6 Å². The lowest BCUT2D eigenvalue weighted by Gasteiger charge is -2.48. The number of nitrogens with one attached hydrogen (secondary N) is 1. The molecule has 1 amide bonds. The second-order valence-corrected chi connectivity index (χ2v) is 8.15. The van der Waals surface area contributed by atoms with Gasteiger partial charge in [-0.15, -0.1) is 0 Å². The highest BCUT2D eigenvalue weighted by molar-refractivity contribution is 5.92. The minimum absolute atomic E-state index is 0.0432. The van der Waals surface area contributed by atoms with E-state index in [0.29, 0.717) is 23.8 Å². The van der Waals surface area contributed by atoms with Crippen LogP contribution in [0.1, 0.15) is 42.5 Å². The Hall–Kier alpha value is -2.52. The fraction of sp³-hybridized carbons (Fsp3) is 0.652. The van der Waals surface area contributed by atoms with E-state index in [-0.39, 0.29) is 23.6 Å². The SMILES string of the molecule is COc1cc(C(=O)OCC(=O)NCC2(N3CCOCC3)CCCCC2)cc(OC)c1OC. The van der Waals surface area contributed by atoms with E-state index in [1.165, 1.54) is 39.9 Å². The number of benzene rings is 1. The number of hydrogen-bond donors (Lipinski definition) is 1. The molecule has 1 heterocycles. The molecule has 3 rings (SSSR count). The molecule has 0 aromatic heterocycles. The Balaban J connectivity index is 1.57. The predicted octanol–water partition coefficient (Wildman–Crippen LogP) is 2.02. The minimum atomic E-state index is -0.639. The summed E-state index contributed by atoms with van der Waals surface area (Å²) in [6.45, 7) is 3.41. The molecule has 1 aliphatic carbocycles. The molecule has 9 heteroatoms. The van der Waals surface area contributed by atoms with Gasteiger partial charge in [0.2, 0.25) is 5.75 Å². The molecule has 0 spiro atoms. The molecule has 0 bridgehead atoms. The van der Waals surface area contributed by atoms with Crippen LogP contribution in [-0.2, 0) is 14.3 Å². The summed E-state index contributed by atoms with van der Waals surface area (Å²) in [5, 5.41) is 2.99. The molecule has 0 unspecified atom stereocenters. The number of carbonyl (C=O) groups excluding carboxylic acids is 2. The summed E-state index contributed by atoms with van der Waals surface area (Å²) < 4.78 is 26.5. The van der Waals surface area contributed by atoms with E-state index in [4.69, 9.17) is 23.7 Å². The van der Waals surface area contributed by atoms with Crippen LogP contribution in [0.25, 0.3) is 0 Å². The van der Waals surface area contributed by atoms with Crippen LogP contribution >= 0.6 is 0 Å². The number of methoxy groups -OCH3 is 3. The van der Waals surface area contributed by atoms with Crippen LogP contribution in [0.5, 0.6) is 17.2 Å². The van der Waals surface area contributed by atoms with E-state index in [2.05, 4.69) is 10.2 Å². The minimum Gasteiger partial charge on any atom is -0.493 e. The molecule has 1 aromatic rings. The van der Waals surface area contributed by atoms with Gasteiger partial charge < -0.3 is 29.0 Å². The number of morpholine rings is 1. The van der Waals surface area contributed by atoms with Crippen molar-refractivity contribution in [2.24, 2.45) is 0 Å². The smallest absolute Gasteiger partial charge is 0.338 e. The molecular weight excluding hydrogens is 416 g/mol. The summed E-state index contributed by atoms with van der Waals surface area (Å²) in [5.41, 5.74) is 0.169. The lowest BCUT2D eigenvalue weighted by Crippen LogP contribution is -2.59. The zero-order chi connectivity index (χ0) is 23.0. The summed E-state index contributed by atoms with van der Waals surface area (Å²) in [6.07, 6.45) is 5.65. The number of rotatable bonds is 9. The third-order valence-electron chi connectivity index (χ3n) is 6.32. The Morgan fingerprint density at radius 1 is 1.00 bits per heavy atom. The first kappa shape index (κ1) is 24.1. The highest BCUT2D eigenvalue weighted by Crippen LogP contribution is 2.38. The third kappa shape index (κ3) is 5.63. The summed E-state index contributed by atoms with van der Waals surface area (Å²) in [6, 6.07) is 2.99. The van der Waals surface area contributed by atoms with Crippen LogP contribution in [0.2, 0.25) is 0 Å². The molecule has 1 N–H and O–H groups in total. The fourth-order valence-electron chi connectivity index (χ4n) is 4.58. The molecule has 1 saturated heterocycles. The summed E-state index contributed by atoms with van der Waals surface area (Å²) in [7, 11) is 4.42. The van der Waals surface area contributed by atoms with Gasteiger partial charge in [-0.1, -0.05) is 19.3 Å². The fourth-order valence-corrected chi connectivity index (χ4v) is 4.58.